The van der Waals surface area contributed by atoms with Crippen molar-refractivity contribution in [1.82, 2.24) is 10.1 Å². The summed E-state index contributed by atoms with van der Waals surface area (Å²) < 4.78 is 32.5. The highest BCUT2D eigenvalue weighted by atomic mass is 32.2. The van der Waals surface area contributed by atoms with E-state index >= 15 is 0 Å². The number of hydrogen-bond acceptors (Lipinski definition) is 6. The average molecular weight is 372 g/mol. The zero-order chi connectivity index (χ0) is 18.7. The minimum atomic E-state index is -3.80. The van der Waals surface area contributed by atoms with Gasteiger partial charge in [-0.25, -0.2) is 13.4 Å². The Balaban J connectivity index is 1.84. The maximum Gasteiger partial charge on any atom is 0.268 e. The summed E-state index contributed by atoms with van der Waals surface area (Å²) in [6, 6.07) is 13.4. The number of hydrogen-bond donors (Lipinski definition) is 1. The Morgan fingerprint density at radius 2 is 1.81 bits per heavy atom. The molecule has 0 atom stereocenters. The van der Waals surface area contributed by atoms with Crippen molar-refractivity contribution in [2.75, 3.05) is 16.2 Å². The van der Waals surface area contributed by atoms with E-state index in [2.05, 4.69) is 19.8 Å². The Labute approximate surface area is 152 Å². The summed E-state index contributed by atoms with van der Waals surface area (Å²) in [6.07, 6.45) is 1.64. The first-order valence-electron chi connectivity index (χ1n) is 8.16. The van der Waals surface area contributed by atoms with Crippen molar-refractivity contribution in [1.29, 1.82) is 0 Å². The minimum absolute atomic E-state index is 0.0443. The van der Waals surface area contributed by atoms with Crippen LogP contribution in [-0.2, 0) is 10.0 Å². The normalized spacial score (nSPS) is 11.3. The third-order valence-electron chi connectivity index (χ3n) is 3.92. The second kappa shape index (κ2) is 7.17. The van der Waals surface area contributed by atoms with E-state index in [9.17, 15) is 8.42 Å². The Morgan fingerprint density at radius 3 is 2.35 bits per heavy atom. The SMILES string of the molecule is CCN(c1ccccc1)c1ccc(NS(=O)(=O)c2c(C)noc2C)nc1. The molecular weight excluding hydrogens is 352 g/mol. The number of nitrogens with one attached hydrogen (secondary N) is 1. The Hall–Kier alpha value is -2.87. The molecule has 0 amide bonds. The van der Waals surface area contributed by atoms with Crippen LogP contribution < -0.4 is 9.62 Å². The summed E-state index contributed by atoms with van der Waals surface area (Å²) in [5, 5.41) is 3.68. The van der Waals surface area contributed by atoms with Crippen LogP contribution in [0, 0.1) is 13.8 Å². The summed E-state index contributed by atoms with van der Waals surface area (Å²) in [4.78, 5) is 6.37. The summed E-state index contributed by atoms with van der Waals surface area (Å²) in [6.45, 7) is 5.95. The fourth-order valence-corrected chi connectivity index (χ4v) is 4.12. The van der Waals surface area contributed by atoms with Gasteiger partial charge >= 0.3 is 0 Å². The van der Waals surface area contributed by atoms with Gasteiger partial charge in [0.25, 0.3) is 10.0 Å². The Bertz CT molecular complexity index is 964. The molecule has 2 aromatic heterocycles. The van der Waals surface area contributed by atoms with Gasteiger partial charge in [0.2, 0.25) is 0 Å². The smallest absolute Gasteiger partial charge is 0.268 e. The Morgan fingerprint density at radius 1 is 1.08 bits per heavy atom. The lowest BCUT2D eigenvalue weighted by Crippen LogP contribution is -2.17. The Kier molecular flexibility index (Phi) is 4.94. The van der Waals surface area contributed by atoms with Crippen LogP contribution in [0.15, 0.2) is 58.1 Å². The molecule has 2 heterocycles. The number of rotatable bonds is 6. The molecule has 8 heteroatoms. The van der Waals surface area contributed by atoms with Gasteiger partial charge in [-0.1, -0.05) is 23.4 Å². The molecule has 136 valence electrons. The van der Waals surface area contributed by atoms with Crippen molar-refractivity contribution >= 4 is 27.2 Å². The van der Waals surface area contributed by atoms with E-state index in [4.69, 9.17) is 4.52 Å². The molecule has 1 aromatic carbocycles. The fourth-order valence-electron chi connectivity index (χ4n) is 2.78. The van der Waals surface area contributed by atoms with Gasteiger partial charge in [-0.05, 0) is 45.0 Å². The molecule has 0 radical (unpaired) electrons. The zero-order valence-corrected chi connectivity index (χ0v) is 15.6. The van der Waals surface area contributed by atoms with Gasteiger partial charge in [-0.2, -0.15) is 0 Å². The van der Waals surface area contributed by atoms with Crippen molar-refractivity contribution in [3.05, 3.63) is 60.1 Å². The maximum atomic E-state index is 12.5. The molecule has 3 aromatic rings. The molecule has 0 unspecified atom stereocenters. The molecule has 0 fully saturated rings. The van der Waals surface area contributed by atoms with E-state index in [-0.39, 0.29) is 16.5 Å². The number of para-hydroxylation sites is 1. The van der Waals surface area contributed by atoms with Gasteiger partial charge < -0.3 is 9.42 Å². The quantitative estimate of drug-likeness (QED) is 0.711. The van der Waals surface area contributed by atoms with Crippen LogP contribution in [0.4, 0.5) is 17.2 Å². The molecule has 1 N–H and O–H groups in total. The first-order valence-corrected chi connectivity index (χ1v) is 9.65. The van der Waals surface area contributed by atoms with Crippen LogP contribution in [0.2, 0.25) is 0 Å². The summed E-state index contributed by atoms with van der Waals surface area (Å²) >= 11 is 0. The lowest BCUT2D eigenvalue weighted by Gasteiger charge is -2.23. The molecule has 0 spiro atoms. The molecular formula is C18H20N4O3S. The lowest BCUT2D eigenvalue weighted by atomic mass is 10.2. The number of nitrogens with zero attached hydrogens (tertiary/aromatic N) is 3. The molecule has 7 nitrogen and oxygen atoms in total. The largest absolute Gasteiger partial charge is 0.360 e. The van der Waals surface area contributed by atoms with Gasteiger partial charge in [0.1, 0.15) is 11.5 Å². The monoisotopic (exact) mass is 372 g/mol. The van der Waals surface area contributed by atoms with Crippen molar-refractivity contribution in [2.24, 2.45) is 0 Å². The third kappa shape index (κ3) is 3.55. The molecule has 26 heavy (non-hydrogen) atoms. The van der Waals surface area contributed by atoms with Gasteiger partial charge in [-0.3, -0.25) is 4.72 Å². The second-order valence-corrected chi connectivity index (χ2v) is 7.36. The predicted octanol–water partition coefficient (Wildman–Crippen LogP) is 3.65. The van der Waals surface area contributed by atoms with Crippen molar-refractivity contribution in [2.45, 2.75) is 25.7 Å². The van der Waals surface area contributed by atoms with Crippen LogP contribution in [0.3, 0.4) is 0 Å². The molecule has 3 rings (SSSR count). The standard InChI is InChI=1S/C18H20N4O3S/c1-4-22(15-8-6-5-7-9-15)16-10-11-17(19-12-16)21-26(23,24)18-13(2)20-25-14(18)3/h5-12H,4H2,1-3H3,(H,19,21). The molecule has 0 saturated carbocycles. The van der Waals surface area contributed by atoms with E-state index in [1.165, 1.54) is 0 Å². The maximum absolute atomic E-state index is 12.5. The van der Waals surface area contributed by atoms with Gasteiger partial charge in [0.15, 0.2) is 10.7 Å². The third-order valence-corrected chi connectivity index (χ3v) is 5.52. The van der Waals surface area contributed by atoms with Crippen LogP contribution in [0.5, 0.6) is 0 Å². The van der Waals surface area contributed by atoms with Gasteiger partial charge in [0.05, 0.1) is 11.9 Å². The first-order chi connectivity index (χ1) is 12.4. The molecule has 0 saturated heterocycles. The molecule has 0 aliphatic heterocycles. The number of sulfonamides is 1. The summed E-state index contributed by atoms with van der Waals surface area (Å²) in [5.41, 5.74) is 2.23. The average Bonchev–Trinajstić information content (AvgIpc) is 2.97. The number of aryl methyl sites for hydroxylation is 2. The number of pyridine rings is 1. The second-order valence-electron chi connectivity index (χ2n) is 5.74. The van der Waals surface area contributed by atoms with Gasteiger partial charge in [-0.15, -0.1) is 0 Å². The van der Waals surface area contributed by atoms with Crippen molar-refractivity contribution in [3.8, 4) is 0 Å². The van der Waals surface area contributed by atoms with Crippen molar-refractivity contribution in [3.63, 3.8) is 0 Å². The fraction of sp³-hybridized carbons (Fsp3) is 0.222. The zero-order valence-electron chi connectivity index (χ0n) is 14.8. The molecule has 0 aliphatic rings. The lowest BCUT2D eigenvalue weighted by molar-refractivity contribution is 0.390. The first kappa shape index (κ1) is 17.9. The van der Waals surface area contributed by atoms with E-state index in [1.807, 2.05) is 43.3 Å². The van der Waals surface area contributed by atoms with E-state index in [0.717, 1.165) is 17.9 Å². The van der Waals surface area contributed by atoms with Crippen LogP contribution >= 0.6 is 0 Å². The number of aromatic nitrogens is 2. The minimum Gasteiger partial charge on any atom is -0.360 e. The van der Waals surface area contributed by atoms with Crippen LogP contribution in [-0.4, -0.2) is 25.1 Å². The molecule has 0 bridgehead atoms. The van der Waals surface area contributed by atoms with E-state index < -0.39 is 10.0 Å². The van der Waals surface area contributed by atoms with Crippen LogP contribution in [0.1, 0.15) is 18.4 Å². The van der Waals surface area contributed by atoms with Crippen LogP contribution in [0.25, 0.3) is 0 Å². The van der Waals surface area contributed by atoms with Gasteiger partial charge in [0, 0.05) is 12.2 Å². The summed E-state index contributed by atoms with van der Waals surface area (Å²) in [7, 11) is -3.80. The van der Waals surface area contributed by atoms with E-state index in [0.29, 0.717) is 5.69 Å². The number of benzene rings is 1. The topological polar surface area (TPSA) is 88.3 Å². The van der Waals surface area contributed by atoms with Crippen molar-refractivity contribution < 1.29 is 12.9 Å². The highest BCUT2D eigenvalue weighted by Crippen LogP contribution is 2.26. The number of anilines is 3. The molecule has 0 aliphatic carbocycles. The highest BCUT2D eigenvalue weighted by molar-refractivity contribution is 7.92. The highest BCUT2D eigenvalue weighted by Gasteiger charge is 2.24. The predicted molar refractivity (Wildman–Crippen MR) is 100 cm³/mol. The summed E-state index contributed by atoms with van der Waals surface area (Å²) in [5.74, 6) is 0.478. The van der Waals surface area contributed by atoms with E-state index in [1.54, 1.807) is 26.1 Å².